The molecule has 1 aliphatic carbocycles. The molecule has 12 heavy (non-hydrogen) atoms. The van der Waals surface area contributed by atoms with Crippen molar-refractivity contribution < 1.29 is 0 Å². The summed E-state index contributed by atoms with van der Waals surface area (Å²) in [5.74, 6) is 2.12. The van der Waals surface area contributed by atoms with Crippen molar-refractivity contribution in [2.24, 2.45) is 11.8 Å². The number of hydrogen-bond donors (Lipinski definition) is 1. The average molecular weight is 167 g/mol. The van der Waals surface area contributed by atoms with Gasteiger partial charge in [0.05, 0.1) is 0 Å². The van der Waals surface area contributed by atoms with Crippen molar-refractivity contribution in [3.63, 3.8) is 0 Å². The quantitative estimate of drug-likeness (QED) is 0.666. The molecular weight excluding hydrogens is 146 g/mol. The van der Waals surface area contributed by atoms with E-state index >= 15 is 0 Å². The molecule has 3 atom stereocenters. The Balaban J connectivity index is 1.79. The summed E-state index contributed by atoms with van der Waals surface area (Å²) in [4.78, 5) is 0. The largest absolute Gasteiger partial charge is 0.314 e. The summed E-state index contributed by atoms with van der Waals surface area (Å²) in [6.45, 7) is 3.61. The van der Waals surface area contributed by atoms with E-state index in [0.29, 0.717) is 0 Å². The minimum absolute atomic E-state index is 0.887. The Bertz CT molecular complexity index is 136. The van der Waals surface area contributed by atoms with Crippen molar-refractivity contribution in [1.29, 1.82) is 0 Å². The van der Waals surface area contributed by atoms with E-state index in [0.717, 1.165) is 17.9 Å². The zero-order valence-electron chi connectivity index (χ0n) is 8.18. The van der Waals surface area contributed by atoms with Gasteiger partial charge in [0, 0.05) is 6.04 Å². The summed E-state index contributed by atoms with van der Waals surface area (Å²) in [7, 11) is 0. The van der Waals surface area contributed by atoms with Crippen LogP contribution in [0.1, 0.15) is 45.4 Å². The van der Waals surface area contributed by atoms with Crippen molar-refractivity contribution in [2.45, 2.75) is 51.5 Å². The fraction of sp³-hybridized carbons (Fsp3) is 1.00. The number of hydrogen-bond acceptors (Lipinski definition) is 1. The molecule has 70 valence electrons. The van der Waals surface area contributed by atoms with Crippen LogP contribution in [0.4, 0.5) is 0 Å². The minimum Gasteiger partial charge on any atom is -0.314 e. The Labute approximate surface area is 75.9 Å². The maximum absolute atomic E-state index is 3.71. The molecule has 0 amide bonds. The van der Waals surface area contributed by atoms with Crippen LogP contribution in [0.25, 0.3) is 0 Å². The second-order valence-corrected chi connectivity index (χ2v) is 4.48. The maximum Gasteiger partial charge on any atom is 0.00980 e. The standard InChI is InChI=1S/C11H21N/c1-2-9-8-10(9)11-6-4-3-5-7-12-11/h9-12H,2-8H2,1H3. The van der Waals surface area contributed by atoms with E-state index in [2.05, 4.69) is 12.2 Å². The van der Waals surface area contributed by atoms with Gasteiger partial charge in [0.25, 0.3) is 0 Å². The molecule has 2 fully saturated rings. The van der Waals surface area contributed by atoms with Gasteiger partial charge in [-0.3, -0.25) is 0 Å². The Kier molecular flexibility index (Phi) is 2.69. The lowest BCUT2D eigenvalue weighted by Gasteiger charge is -2.15. The summed E-state index contributed by atoms with van der Waals surface area (Å²) >= 11 is 0. The monoisotopic (exact) mass is 167 g/mol. The van der Waals surface area contributed by atoms with Crippen LogP contribution in [0, 0.1) is 11.8 Å². The van der Waals surface area contributed by atoms with Crippen molar-refractivity contribution in [3.8, 4) is 0 Å². The molecular formula is C11H21N. The first kappa shape index (κ1) is 8.55. The molecule has 0 aromatic heterocycles. The summed E-state index contributed by atoms with van der Waals surface area (Å²) in [5.41, 5.74) is 0. The first-order valence-electron chi connectivity index (χ1n) is 5.65. The molecule has 2 aliphatic rings. The molecule has 0 radical (unpaired) electrons. The fourth-order valence-electron chi connectivity index (χ4n) is 2.65. The molecule has 1 aliphatic heterocycles. The third-order valence-electron chi connectivity index (χ3n) is 3.62. The molecule has 1 nitrogen and oxygen atoms in total. The molecule has 0 bridgehead atoms. The van der Waals surface area contributed by atoms with Gasteiger partial charge in [-0.25, -0.2) is 0 Å². The summed E-state index contributed by atoms with van der Waals surface area (Å²) in [6, 6.07) is 0.887. The lowest BCUT2D eigenvalue weighted by atomic mass is 10.0. The van der Waals surface area contributed by atoms with E-state index in [-0.39, 0.29) is 0 Å². The van der Waals surface area contributed by atoms with Crippen LogP contribution < -0.4 is 5.32 Å². The normalized spacial score (nSPS) is 42.2. The summed E-state index contributed by atoms with van der Waals surface area (Å²) in [5, 5.41) is 3.71. The first-order chi connectivity index (χ1) is 5.92. The second kappa shape index (κ2) is 3.78. The lowest BCUT2D eigenvalue weighted by Crippen LogP contribution is -2.30. The maximum atomic E-state index is 3.71. The Morgan fingerprint density at radius 1 is 1.25 bits per heavy atom. The summed E-state index contributed by atoms with van der Waals surface area (Å²) in [6.07, 6.45) is 8.68. The minimum atomic E-state index is 0.887. The van der Waals surface area contributed by atoms with Gasteiger partial charge >= 0.3 is 0 Å². The Hall–Kier alpha value is -0.0400. The van der Waals surface area contributed by atoms with E-state index < -0.39 is 0 Å². The van der Waals surface area contributed by atoms with Crippen molar-refractivity contribution in [3.05, 3.63) is 0 Å². The molecule has 0 aromatic carbocycles. The highest BCUT2D eigenvalue weighted by atomic mass is 14.9. The zero-order valence-corrected chi connectivity index (χ0v) is 8.18. The van der Waals surface area contributed by atoms with Gasteiger partial charge in [0.1, 0.15) is 0 Å². The van der Waals surface area contributed by atoms with Gasteiger partial charge in [-0.05, 0) is 37.6 Å². The average Bonchev–Trinajstić information content (AvgIpc) is 2.89. The third kappa shape index (κ3) is 1.82. The van der Waals surface area contributed by atoms with E-state index in [9.17, 15) is 0 Å². The third-order valence-corrected chi connectivity index (χ3v) is 3.62. The topological polar surface area (TPSA) is 12.0 Å². The number of rotatable bonds is 2. The molecule has 1 saturated heterocycles. The van der Waals surface area contributed by atoms with Gasteiger partial charge in [-0.2, -0.15) is 0 Å². The van der Waals surface area contributed by atoms with Crippen LogP contribution in [0.5, 0.6) is 0 Å². The highest BCUT2D eigenvalue weighted by Gasteiger charge is 2.40. The predicted octanol–water partition coefficient (Wildman–Crippen LogP) is 2.56. The lowest BCUT2D eigenvalue weighted by molar-refractivity contribution is 0.434. The first-order valence-corrected chi connectivity index (χ1v) is 5.65. The molecule has 0 aromatic rings. The zero-order chi connectivity index (χ0) is 8.39. The number of nitrogens with one attached hydrogen (secondary N) is 1. The second-order valence-electron chi connectivity index (χ2n) is 4.48. The van der Waals surface area contributed by atoms with Crippen molar-refractivity contribution in [1.82, 2.24) is 5.32 Å². The van der Waals surface area contributed by atoms with Crippen LogP contribution in [-0.4, -0.2) is 12.6 Å². The fourth-order valence-corrected chi connectivity index (χ4v) is 2.65. The molecule has 1 heterocycles. The van der Waals surface area contributed by atoms with Gasteiger partial charge in [-0.15, -0.1) is 0 Å². The van der Waals surface area contributed by atoms with E-state index in [1.807, 2.05) is 0 Å². The molecule has 3 unspecified atom stereocenters. The molecule has 2 rings (SSSR count). The van der Waals surface area contributed by atoms with E-state index in [1.54, 1.807) is 0 Å². The van der Waals surface area contributed by atoms with Gasteiger partial charge in [0.2, 0.25) is 0 Å². The molecule has 1 N–H and O–H groups in total. The van der Waals surface area contributed by atoms with Crippen molar-refractivity contribution >= 4 is 0 Å². The van der Waals surface area contributed by atoms with Crippen LogP contribution in [0.3, 0.4) is 0 Å². The smallest absolute Gasteiger partial charge is 0.00980 e. The Morgan fingerprint density at radius 2 is 2.17 bits per heavy atom. The van der Waals surface area contributed by atoms with Crippen LogP contribution >= 0.6 is 0 Å². The predicted molar refractivity (Wildman–Crippen MR) is 52.1 cm³/mol. The van der Waals surface area contributed by atoms with E-state index in [1.165, 1.54) is 45.1 Å². The van der Waals surface area contributed by atoms with Crippen LogP contribution in [0.15, 0.2) is 0 Å². The van der Waals surface area contributed by atoms with E-state index in [4.69, 9.17) is 0 Å². The Morgan fingerprint density at radius 3 is 2.92 bits per heavy atom. The van der Waals surface area contributed by atoms with Gasteiger partial charge in [0.15, 0.2) is 0 Å². The molecule has 1 saturated carbocycles. The highest BCUT2D eigenvalue weighted by molar-refractivity contribution is 4.94. The summed E-state index contributed by atoms with van der Waals surface area (Å²) < 4.78 is 0. The SMILES string of the molecule is CCC1CC1C1CCCCCN1. The van der Waals surface area contributed by atoms with Gasteiger partial charge < -0.3 is 5.32 Å². The highest BCUT2D eigenvalue weighted by Crippen LogP contribution is 2.45. The van der Waals surface area contributed by atoms with Crippen molar-refractivity contribution in [2.75, 3.05) is 6.54 Å². The molecule has 1 heteroatoms. The van der Waals surface area contributed by atoms with Crippen LogP contribution in [0.2, 0.25) is 0 Å². The molecule has 0 spiro atoms. The van der Waals surface area contributed by atoms with Gasteiger partial charge in [-0.1, -0.05) is 26.2 Å². The van der Waals surface area contributed by atoms with Crippen LogP contribution in [-0.2, 0) is 0 Å².